The SMILES string of the molecule is C[C@@H]1CC[C@@]2(NC1)O[C@H]1C[C@H]3[C@@H]4CC=C5CC(NC(=O)CC(=O)NCCO)CC[C@]5(C)[C@H]4CC[C@]3(C)[C@H]1[C@@H]2C. The summed E-state index contributed by atoms with van der Waals surface area (Å²) >= 11 is 0. The van der Waals surface area contributed by atoms with Gasteiger partial charge in [0.1, 0.15) is 12.1 Å². The Morgan fingerprint density at radius 2 is 1.92 bits per heavy atom. The Morgan fingerprint density at radius 3 is 2.67 bits per heavy atom. The van der Waals surface area contributed by atoms with Gasteiger partial charge in [0.05, 0.1) is 12.7 Å². The van der Waals surface area contributed by atoms with E-state index < -0.39 is 0 Å². The van der Waals surface area contributed by atoms with Crippen LogP contribution in [0.3, 0.4) is 0 Å². The Bertz CT molecular complexity index is 1010. The fourth-order valence-corrected chi connectivity index (χ4v) is 10.7. The minimum absolute atomic E-state index is 0.0966. The van der Waals surface area contributed by atoms with Gasteiger partial charge in [0, 0.05) is 25.0 Å². The van der Waals surface area contributed by atoms with Crippen LogP contribution in [-0.4, -0.2) is 54.5 Å². The van der Waals surface area contributed by atoms with Crippen LogP contribution in [0.25, 0.3) is 0 Å². The molecule has 218 valence electrons. The van der Waals surface area contributed by atoms with Gasteiger partial charge in [-0.15, -0.1) is 0 Å². The van der Waals surface area contributed by atoms with Gasteiger partial charge >= 0.3 is 0 Å². The van der Waals surface area contributed by atoms with Crippen LogP contribution in [0.2, 0.25) is 0 Å². The van der Waals surface area contributed by atoms with Crippen molar-refractivity contribution in [2.24, 2.45) is 46.3 Å². The third-order valence-corrected chi connectivity index (χ3v) is 12.7. The van der Waals surface area contributed by atoms with E-state index in [1.807, 2.05) is 0 Å². The molecule has 6 aliphatic rings. The molecule has 11 atom stereocenters. The van der Waals surface area contributed by atoms with Crippen molar-refractivity contribution in [1.82, 2.24) is 16.0 Å². The zero-order chi connectivity index (χ0) is 27.6. The molecule has 7 heteroatoms. The first kappa shape index (κ1) is 27.7. The molecule has 6 rings (SSSR count). The van der Waals surface area contributed by atoms with E-state index in [1.165, 1.54) is 31.3 Å². The van der Waals surface area contributed by atoms with Crippen molar-refractivity contribution in [2.45, 2.75) is 110 Å². The van der Waals surface area contributed by atoms with Crippen LogP contribution in [0, 0.1) is 46.3 Å². The summed E-state index contributed by atoms with van der Waals surface area (Å²) < 4.78 is 7.04. The molecule has 4 aliphatic carbocycles. The molecule has 2 saturated heterocycles. The fraction of sp³-hybridized carbons (Fsp3) is 0.875. The third kappa shape index (κ3) is 4.50. The van der Waals surface area contributed by atoms with Crippen molar-refractivity contribution in [3.8, 4) is 0 Å². The molecule has 0 aromatic rings. The minimum atomic E-state index is -0.327. The number of nitrogens with one attached hydrogen (secondary N) is 3. The number of carbonyl (C=O) groups excluding carboxylic acids is 2. The first-order chi connectivity index (χ1) is 18.6. The molecule has 0 aromatic carbocycles. The number of fused-ring (bicyclic) bond motifs is 7. The molecule has 0 aromatic heterocycles. The Hall–Kier alpha value is -1.44. The molecule has 1 spiro atoms. The van der Waals surface area contributed by atoms with Gasteiger partial charge in [0.25, 0.3) is 0 Å². The van der Waals surface area contributed by atoms with Gasteiger partial charge in [-0.2, -0.15) is 0 Å². The van der Waals surface area contributed by atoms with Gasteiger partial charge in [0.15, 0.2) is 0 Å². The quantitative estimate of drug-likeness (QED) is 0.312. The number of allylic oxidation sites excluding steroid dienone is 1. The molecule has 0 radical (unpaired) electrons. The van der Waals surface area contributed by atoms with Crippen LogP contribution in [0.4, 0.5) is 0 Å². The summed E-state index contributed by atoms with van der Waals surface area (Å²) in [6, 6.07) is 0.106. The van der Waals surface area contributed by atoms with Gasteiger partial charge in [-0.05, 0) is 98.2 Å². The van der Waals surface area contributed by atoms with Crippen molar-refractivity contribution in [2.75, 3.05) is 19.7 Å². The summed E-state index contributed by atoms with van der Waals surface area (Å²) in [6.45, 7) is 11.1. The fourth-order valence-electron chi connectivity index (χ4n) is 10.7. The highest BCUT2D eigenvalue weighted by atomic mass is 16.5. The van der Waals surface area contributed by atoms with Crippen molar-refractivity contribution in [3.05, 3.63) is 11.6 Å². The second-order valence-electron chi connectivity index (χ2n) is 14.7. The number of aliphatic hydroxyl groups is 1. The van der Waals surface area contributed by atoms with Gasteiger partial charge in [-0.3, -0.25) is 14.9 Å². The molecule has 5 fully saturated rings. The molecule has 0 bridgehead atoms. The van der Waals surface area contributed by atoms with Crippen LogP contribution in [-0.2, 0) is 14.3 Å². The highest BCUT2D eigenvalue weighted by Crippen LogP contribution is 2.70. The topological polar surface area (TPSA) is 99.7 Å². The van der Waals surface area contributed by atoms with Gasteiger partial charge in [-0.25, -0.2) is 0 Å². The minimum Gasteiger partial charge on any atom is -0.395 e. The third-order valence-electron chi connectivity index (χ3n) is 12.7. The van der Waals surface area contributed by atoms with E-state index >= 15 is 0 Å². The van der Waals surface area contributed by atoms with Crippen LogP contribution >= 0.6 is 0 Å². The number of carbonyl (C=O) groups is 2. The van der Waals surface area contributed by atoms with Crippen LogP contribution in [0.15, 0.2) is 11.6 Å². The number of piperidine rings is 1. The lowest BCUT2D eigenvalue weighted by Gasteiger charge is -2.58. The summed E-state index contributed by atoms with van der Waals surface area (Å²) in [5, 5.41) is 18.4. The van der Waals surface area contributed by atoms with E-state index in [9.17, 15) is 9.59 Å². The molecule has 2 heterocycles. The normalized spacial score (nSPS) is 48.4. The van der Waals surface area contributed by atoms with Crippen LogP contribution in [0.5, 0.6) is 0 Å². The maximum atomic E-state index is 12.5. The van der Waals surface area contributed by atoms with Crippen molar-refractivity contribution in [1.29, 1.82) is 0 Å². The molecule has 39 heavy (non-hydrogen) atoms. The summed E-state index contributed by atoms with van der Waals surface area (Å²) in [6.07, 6.45) is 13.2. The molecule has 2 amide bonds. The highest BCUT2D eigenvalue weighted by molar-refractivity contribution is 5.96. The summed E-state index contributed by atoms with van der Waals surface area (Å²) in [5.41, 5.74) is 2.02. The zero-order valence-corrected chi connectivity index (χ0v) is 24.6. The number of rotatable bonds is 5. The molecule has 2 aliphatic heterocycles. The highest BCUT2D eigenvalue weighted by Gasteiger charge is 2.68. The van der Waals surface area contributed by atoms with Gasteiger partial charge in [-0.1, -0.05) is 39.3 Å². The predicted molar refractivity (Wildman–Crippen MR) is 150 cm³/mol. The maximum Gasteiger partial charge on any atom is 0.229 e. The second-order valence-corrected chi connectivity index (χ2v) is 14.7. The average Bonchev–Trinajstić information content (AvgIpc) is 3.34. The smallest absolute Gasteiger partial charge is 0.229 e. The summed E-state index contributed by atoms with van der Waals surface area (Å²) in [7, 11) is 0. The standard InChI is InChI=1S/C32H51N3O4/c1-19-7-12-32(34-18-19)20(2)29-26(39-32)16-25-23-6-5-21-15-22(35-28(38)17-27(37)33-13-14-36)8-10-30(21,3)24(23)9-11-31(25,29)4/h5,19-20,22-26,29,34,36H,6-18H2,1-4H3,(H,33,37)(H,35,38)/t19-,20+,22?,23-,24+,25+,26+,29+,30+,31+,32-/m1/s1. The first-order valence-corrected chi connectivity index (χ1v) is 15.9. The van der Waals surface area contributed by atoms with E-state index in [1.54, 1.807) is 0 Å². The van der Waals surface area contributed by atoms with E-state index in [2.05, 4.69) is 49.7 Å². The Kier molecular flexibility index (Phi) is 7.20. The van der Waals surface area contributed by atoms with Crippen LogP contribution in [0.1, 0.15) is 91.9 Å². The number of amides is 2. The lowest BCUT2D eigenvalue weighted by atomic mass is 9.46. The molecule has 4 N–H and O–H groups in total. The number of ether oxygens (including phenoxy) is 1. The summed E-state index contributed by atoms with van der Waals surface area (Å²) in [5.74, 6) is 3.61. The molecular formula is C32H51N3O4. The Labute approximate surface area is 234 Å². The number of aliphatic hydroxyl groups excluding tert-OH is 1. The second kappa shape index (κ2) is 10.1. The number of hydrogen-bond acceptors (Lipinski definition) is 5. The summed E-state index contributed by atoms with van der Waals surface area (Å²) in [4.78, 5) is 24.4. The first-order valence-electron chi connectivity index (χ1n) is 15.9. The predicted octanol–water partition coefficient (Wildman–Crippen LogP) is 3.91. The monoisotopic (exact) mass is 541 g/mol. The van der Waals surface area contributed by atoms with Crippen molar-refractivity contribution >= 4 is 11.8 Å². The molecule has 1 unspecified atom stereocenters. The van der Waals surface area contributed by atoms with Gasteiger partial charge < -0.3 is 20.5 Å². The van der Waals surface area contributed by atoms with E-state index in [0.717, 1.165) is 56.4 Å². The maximum absolute atomic E-state index is 12.5. The molecule has 3 saturated carbocycles. The molecule has 7 nitrogen and oxygen atoms in total. The largest absolute Gasteiger partial charge is 0.395 e. The zero-order valence-electron chi connectivity index (χ0n) is 24.6. The van der Waals surface area contributed by atoms with Crippen molar-refractivity contribution < 1.29 is 19.4 Å². The van der Waals surface area contributed by atoms with Crippen LogP contribution < -0.4 is 16.0 Å². The van der Waals surface area contributed by atoms with E-state index in [-0.39, 0.29) is 48.6 Å². The van der Waals surface area contributed by atoms with E-state index in [4.69, 9.17) is 9.84 Å². The lowest BCUT2D eigenvalue weighted by molar-refractivity contribution is -0.130. The van der Waals surface area contributed by atoms with Gasteiger partial charge in [0.2, 0.25) is 11.8 Å². The van der Waals surface area contributed by atoms with Crippen molar-refractivity contribution in [3.63, 3.8) is 0 Å². The average molecular weight is 542 g/mol. The van der Waals surface area contributed by atoms with E-state index in [0.29, 0.717) is 29.3 Å². The number of hydrogen-bond donors (Lipinski definition) is 4. The molecular weight excluding hydrogens is 490 g/mol. The lowest BCUT2D eigenvalue weighted by Crippen LogP contribution is -2.57. The Morgan fingerprint density at radius 1 is 1.10 bits per heavy atom. The Balaban J connectivity index is 1.13.